The van der Waals surface area contributed by atoms with Gasteiger partial charge in [-0.1, -0.05) is 6.92 Å². The normalized spacial score (nSPS) is 11.8. The van der Waals surface area contributed by atoms with E-state index in [-0.39, 0.29) is 12.1 Å². The van der Waals surface area contributed by atoms with Crippen LogP contribution in [0.1, 0.15) is 19.0 Å². The standard InChI is InChI=1S/C17H22N4O2/c1-4-14(11-23-3)20-17(22)21-15-7-5-13(6-8-15)16-18-10-9-12(2)19-16/h5-10,14H,4,11H2,1-3H3,(H2,20,21,22)/t14-/m0/s1. The number of methoxy groups -OCH3 is 1. The number of nitrogens with zero attached hydrogens (tertiary/aromatic N) is 2. The van der Waals surface area contributed by atoms with Crippen LogP contribution in [0.25, 0.3) is 11.4 Å². The Morgan fingerprint density at radius 1 is 1.26 bits per heavy atom. The second-order valence-electron chi connectivity index (χ2n) is 5.26. The predicted octanol–water partition coefficient (Wildman–Crippen LogP) is 3.00. The van der Waals surface area contributed by atoms with Crippen molar-refractivity contribution in [3.05, 3.63) is 42.2 Å². The minimum absolute atomic E-state index is 0.0000304. The highest BCUT2D eigenvalue weighted by Crippen LogP contribution is 2.17. The summed E-state index contributed by atoms with van der Waals surface area (Å²) in [5.41, 5.74) is 2.54. The van der Waals surface area contributed by atoms with Gasteiger partial charge >= 0.3 is 6.03 Å². The molecule has 2 amide bonds. The summed E-state index contributed by atoms with van der Waals surface area (Å²) >= 11 is 0. The van der Waals surface area contributed by atoms with Gasteiger partial charge in [-0.25, -0.2) is 14.8 Å². The third-order valence-corrected chi connectivity index (χ3v) is 3.39. The summed E-state index contributed by atoms with van der Waals surface area (Å²) in [6.45, 7) is 4.42. The fourth-order valence-corrected chi connectivity index (χ4v) is 2.11. The molecule has 1 aromatic carbocycles. The molecule has 0 saturated heterocycles. The first-order valence-electron chi connectivity index (χ1n) is 7.59. The number of benzene rings is 1. The van der Waals surface area contributed by atoms with Crippen molar-refractivity contribution < 1.29 is 9.53 Å². The van der Waals surface area contributed by atoms with Crippen LogP contribution >= 0.6 is 0 Å². The van der Waals surface area contributed by atoms with Gasteiger partial charge in [0.15, 0.2) is 5.82 Å². The zero-order valence-electron chi connectivity index (χ0n) is 13.7. The van der Waals surface area contributed by atoms with Gasteiger partial charge in [0.2, 0.25) is 0 Å². The number of aryl methyl sites for hydroxylation is 1. The van der Waals surface area contributed by atoms with Gasteiger partial charge in [-0.2, -0.15) is 0 Å². The van der Waals surface area contributed by atoms with Gasteiger partial charge < -0.3 is 15.4 Å². The summed E-state index contributed by atoms with van der Waals surface area (Å²) in [6, 6.07) is 9.05. The zero-order valence-corrected chi connectivity index (χ0v) is 13.7. The van der Waals surface area contributed by atoms with E-state index < -0.39 is 0 Å². The van der Waals surface area contributed by atoms with Crippen LogP contribution in [0.4, 0.5) is 10.5 Å². The summed E-state index contributed by atoms with van der Waals surface area (Å²) in [5, 5.41) is 5.68. The molecule has 23 heavy (non-hydrogen) atoms. The second kappa shape index (κ2) is 8.24. The number of nitrogens with one attached hydrogen (secondary N) is 2. The molecule has 1 aromatic heterocycles. The summed E-state index contributed by atoms with van der Waals surface area (Å²) < 4.78 is 5.06. The number of rotatable bonds is 6. The van der Waals surface area contributed by atoms with Crippen molar-refractivity contribution >= 4 is 11.7 Å². The molecule has 1 atom stereocenters. The first-order valence-corrected chi connectivity index (χ1v) is 7.59. The highest BCUT2D eigenvalue weighted by atomic mass is 16.5. The van der Waals surface area contributed by atoms with Gasteiger partial charge in [0.25, 0.3) is 0 Å². The SMILES string of the molecule is CC[C@@H](COC)NC(=O)Nc1ccc(-c2nccc(C)n2)cc1. The van der Waals surface area contributed by atoms with Gasteiger partial charge in [0.05, 0.1) is 12.6 Å². The Morgan fingerprint density at radius 3 is 2.61 bits per heavy atom. The molecule has 2 rings (SSSR count). The average molecular weight is 314 g/mol. The lowest BCUT2D eigenvalue weighted by atomic mass is 10.2. The van der Waals surface area contributed by atoms with Crippen LogP contribution in [0.2, 0.25) is 0 Å². The van der Waals surface area contributed by atoms with E-state index in [0.29, 0.717) is 18.1 Å². The Bertz CT molecular complexity index is 643. The van der Waals surface area contributed by atoms with E-state index in [2.05, 4.69) is 20.6 Å². The van der Waals surface area contributed by atoms with Crippen molar-refractivity contribution in [2.45, 2.75) is 26.3 Å². The fourth-order valence-electron chi connectivity index (χ4n) is 2.11. The van der Waals surface area contributed by atoms with E-state index in [1.807, 2.05) is 44.2 Å². The van der Waals surface area contributed by atoms with Gasteiger partial charge in [0.1, 0.15) is 0 Å². The number of ether oxygens (including phenoxy) is 1. The van der Waals surface area contributed by atoms with Crippen LogP contribution in [0.3, 0.4) is 0 Å². The van der Waals surface area contributed by atoms with E-state index >= 15 is 0 Å². The summed E-state index contributed by atoms with van der Waals surface area (Å²) in [7, 11) is 1.62. The maximum Gasteiger partial charge on any atom is 0.319 e. The lowest BCUT2D eigenvalue weighted by Gasteiger charge is -2.16. The molecule has 0 spiro atoms. The van der Waals surface area contributed by atoms with Gasteiger partial charge in [-0.15, -0.1) is 0 Å². The summed E-state index contributed by atoms with van der Waals surface area (Å²) in [6.07, 6.45) is 2.54. The number of hydrogen-bond acceptors (Lipinski definition) is 4. The van der Waals surface area contributed by atoms with E-state index in [9.17, 15) is 4.79 Å². The molecular formula is C17H22N4O2. The Morgan fingerprint density at radius 2 is 2.00 bits per heavy atom. The number of carbonyl (C=O) groups is 1. The Balaban J connectivity index is 1.98. The van der Waals surface area contributed by atoms with Crippen molar-refractivity contribution in [2.75, 3.05) is 19.0 Å². The fraction of sp³-hybridized carbons (Fsp3) is 0.353. The second-order valence-corrected chi connectivity index (χ2v) is 5.26. The largest absolute Gasteiger partial charge is 0.383 e. The van der Waals surface area contributed by atoms with E-state index in [0.717, 1.165) is 17.7 Å². The Kier molecular flexibility index (Phi) is 6.05. The van der Waals surface area contributed by atoms with Crippen molar-refractivity contribution in [1.29, 1.82) is 0 Å². The van der Waals surface area contributed by atoms with Gasteiger partial charge in [0, 0.05) is 30.3 Å². The number of carbonyl (C=O) groups excluding carboxylic acids is 1. The number of amides is 2. The molecule has 6 nitrogen and oxygen atoms in total. The molecule has 0 aliphatic rings. The lowest BCUT2D eigenvalue weighted by Crippen LogP contribution is -2.40. The molecule has 2 N–H and O–H groups in total. The smallest absolute Gasteiger partial charge is 0.319 e. The summed E-state index contributed by atoms with van der Waals surface area (Å²) in [4.78, 5) is 20.6. The maximum atomic E-state index is 12.0. The number of anilines is 1. The Labute approximate surface area is 136 Å². The molecule has 6 heteroatoms. The zero-order chi connectivity index (χ0) is 16.7. The molecule has 0 fully saturated rings. The molecule has 2 aromatic rings. The van der Waals surface area contributed by atoms with Crippen LogP contribution in [-0.4, -0.2) is 35.8 Å². The molecule has 122 valence electrons. The highest BCUT2D eigenvalue weighted by Gasteiger charge is 2.10. The van der Waals surface area contributed by atoms with Crippen LogP contribution < -0.4 is 10.6 Å². The van der Waals surface area contributed by atoms with Crippen LogP contribution in [-0.2, 0) is 4.74 Å². The average Bonchev–Trinajstić information content (AvgIpc) is 2.55. The van der Waals surface area contributed by atoms with Gasteiger partial charge in [-0.05, 0) is 43.7 Å². The lowest BCUT2D eigenvalue weighted by molar-refractivity contribution is 0.165. The molecular weight excluding hydrogens is 292 g/mol. The maximum absolute atomic E-state index is 12.0. The molecule has 0 aliphatic heterocycles. The van der Waals surface area contributed by atoms with Crippen LogP contribution in [0, 0.1) is 6.92 Å². The van der Waals surface area contributed by atoms with Crippen molar-refractivity contribution in [3.8, 4) is 11.4 Å². The predicted molar refractivity (Wildman–Crippen MR) is 90.3 cm³/mol. The molecule has 0 saturated carbocycles. The Hall–Kier alpha value is -2.47. The topological polar surface area (TPSA) is 76.1 Å². The third-order valence-electron chi connectivity index (χ3n) is 3.39. The molecule has 0 bridgehead atoms. The van der Waals surface area contributed by atoms with E-state index in [1.54, 1.807) is 13.3 Å². The van der Waals surface area contributed by atoms with Crippen molar-refractivity contribution in [1.82, 2.24) is 15.3 Å². The number of aromatic nitrogens is 2. The summed E-state index contributed by atoms with van der Waals surface area (Å²) in [5.74, 6) is 0.673. The highest BCUT2D eigenvalue weighted by molar-refractivity contribution is 5.89. The minimum Gasteiger partial charge on any atom is -0.383 e. The van der Waals surface area contributed by atoms with Crippen LogP contribution in [0.5, 0.6) is 0 Å². The third kappa shape index (κ3) is 5.03. The molecule has 0 aliphatic carbocycles. The molecule has 0 radical (unpaired) electrons. The molecule has 1 heterocycles. The molecule has 0 unspecified atom stereocenters. The van der Waals surface area contributed by atoms with Crippen LogP contribution in [0.15, 0.2) is 36.5 Å². The van der Waals surface area contributed by atoms with Gasteiger partial charge in [-0.3, -0.25) is 0 Å². The number of urea groups is 1. The first-order chi connectivity index (χ1) is 11.1. The van der Waals surface area contributed by atoms with E-state index in [4.69, 9.17) is 4.74 Å². The quantitative estimate of drug-likeness (QED) is 0.859. The number of hydrogen-bond donors (Lipinski definition) is 2. The van der Waals surface area contributed by atoms with Crippen molar-refractivity contribution in [3.63, 3.8) is 0 Å². The first kappa shape index (κ1) is 16.9. The monoisotopic (exact) mass is 314 g/mol. The van der Waals surface area contributed by atoms with E-state index in [1.165, 1.54) is 0 Å². The van der Waals surface area contributed by atoms with Crippen molar-refractivity contribution in [2.24, 2.45) is 0 Å². The minimum atomic E-state index is -0.242.